The first-order valence-corrected chi connectivity index (χ1v) is 9.84. The van der Waals surface area contributed by atoms with Crippen molar-refractivity contribution in [2.75, 3.05) is 26.7 Å². The van der Waals surface area contributed by atoms with Gasteiger partial charge in [-0.3, -0.25) is 9.79 Å². The molecule has 0 atom stereocenters. The zero-order valence-electron chi connectivity index (χ0n) is 17.6. The van der Waals surface area contributed by atoms with Crippen LogP contribution >= 0.6 is 35.6 Å². The van der Waals surface area contributed by atoms with Crippen molar-refractivity contribution in [1.29, 1.82) is 0 Å². The lowest BCUT2D eigenvalue weighted by molar-refractivity contribution is 0.0925. The summed E-state index contributed by atoms with van der Waals surface area (Å²) in [7, 11) is 1.69. The molecule has 0 unspecified atom stereocenters. The van der Waals surface area contributed by atoms with E-state index in [9.17, 15) is 9.18 Å². The van der Waals surface area contributed by atoms with Crippen LogP contribution in [0.1, 0.15) is 41.9 Å². The van der Waals surface area contributed by atoms with Crippen molar-refractivity contribution in [1.82, 2.24) is 16.0 Å². The molecule has 1 aromatic carbocycles. The van der Waals surface area contributed by atoms with Gasteiger partial charge in [0.1, 0.15) is 5.82 Å². The van der Waals surface area contributed by atoms with Gasteiger partial charge in [-0.25, -0.2) is 4.39 Å². The van der Waals surface area contributed by atoms with E-state index in [0.29, 0.717) is 36.4 Å². The molecule has 1 aromatic heterocycles. The molecule has 0 aliphatic heterocycles. The van der Waals surface area contributed by atoms with E-state index in [-0.39, 0.29) is 41.1 Å². The fourth-order valence-electron chi connectivity index (χ4n) is 2.84. The average Bonchev–Trinajstić information content (AvgIpc) is 3.09. The summed E-state index contributed by atoms with van der Waals surface area (Å²) in [5.41, 5.74) is 1.35. The van der Waals surface area contributed by atoms with Gasteiger partial charge >= 0.3 is 0 Å². The molecule has 0 saturated heterocycles. The molecule has 0 bridgehead atoms. The van der Waals surface area contributed by atoms with E-state index in [1.165, 1.54) is 18.4 Å². The van der Waals surface area contributed by atoms with Gasteiger partial charge in [-0.1, -0.05) is 31.5 Å². The van der Waals surface area contributed by atoms with Crippen molar-refractivity contribution >= 4 is 47.4 Å². The first-order chi connectivity index (χ1) is 13.7. The molecule has 9 heteroatoms. The van der Waals surface area contributed by atoms with Gasteiger partial charge in [0.15, 0.2) is 11.7 Å². The number of furan rings is 1. The van der Waals surface area contributed by atoms with Gasteiger partial charge in [0.05, 0.1) is 6.26 Å². The number of nitrogens with zero attached hydrogens (tertiary/aromatic N) is 1. The molecule has 0 spiro atoms. The average molecular weight is 551 g/mol. The van der Waals surface area contributed by atoms with E-state index in [2.05, 4.69) is 20.9 Å². The molecular weight excluding hydrogens is 522 g/mol. The third-order valence-corrected chi connectivity index (χ3v) is 4.89. The maximum Gasteiger partial charge on any atom is 0.287 e. The maximum atomic E-state index is 13.3. The molecule has 0 saturated carbocycles. The molecule has 0 fully saturated rings. The Morgan fingerprint density at radius 3 is 2.50 bits per heavy atom. The van der Waals surface area contributed by atoms with Gasteiger partial charge in [0, 0.05) is 42.7 Å². The number of amides is 1. The molecule has 0 aliphatic carbocycles. The Bertz CT molecular complexity index is 870. The minimum Gasteiger partial charge on any atom is -0.459 e. The van der Waals surface area contributed by atoms with Crippen LogP contribution in [0.2, 0.25) is 5.02 Å². The van der Waals surface area contributed by atoms with Crippen molar-refractivity contribution < 1.29 is 13.6 Å². The predicted octanol–water partition coefficient (Wildman–Crippen LogP) is 4.26. The van der Waals surface area contributed by atoms with Crippen LogP contribution in [0.4, 0.5) is 4.39 Å². The summed E-state index contributed by atoms with van der Waals surface area (Å²) in [6.45, 7) is 7.59. The van der Waals surface area contributed by atoms with Gasteiger partial charge in [-0.2, -0.15) is 0 Å². The van der Waals surface area contributed by atoms with E-state index in [1.807, 2.05) is 20.8 Å². The Morgan fingerprint density at radius 1 is 1.20 bits per heavy atom. The lowest BCUT2D eigenvalue weighted by Crippen LogP contribution is -2.44. The second-order valence-electron chi connectivity index (χ2n) is 7.40. The maximum absolute atomic E-state index is 13.3. The van der Waals surface area contributed by atoms with E-state index in [4.69, 9.17) is 16.0 Å². The number of hydrogen-bond acceptors (Lipinski definition) is 3. The van der Waals surface area contributed by atoms with E-state index >= 15 is 0 Å². The molecule has 1 amide bonds. The zero-order valence-corrected chi connectivity index (χ0v) is 20.7. The topological polar surface area (TPSA) is 78.7 Å². The Hall–Kier alpha value is -1.81. The minimum atomic E-state index is -0.353. The van der Waals surface area contributed by atoms with Crippen LogP contribution in [0, 0.1) is 12.7 Å². The van der Waals surface area contributed by atoms with Crippen LogP contribution in [0.25, 0.3) is 0 Å². The molecule has 0 radical (unpaired) electrons. The highest BCUT2D eigenvalue weighted by Crippen LogP contribution is 2.29. The van der Waals surface area contributed by atoms with Crippen molar-refractivity contribution in [2.24, 2.45) is 4.99 Å². The molecule has 3 N–H and O–H groups in total. The Morgan fingerprint density at radius 2 is 1.90 bits per heavy atom. The summed E-state index contributed by atoms with van der Waals surface area (Å²) in [5, 5.41) is 9.70. The number of carbonyl (C=O) groups excluding carboxylic acids is 1. The molecule has 1 heterocycles. The fourth-order valence-corrected chi connectivity index (χ4v) is 3.26. The quantitative estimate of drug-likeness (QED) is 0.199. The van der Waals surface area contributed by atoms with Crippen LogP contribution in [0.3, 0.4) is 0 Å². The monoisotopic (exact) mass is 550 g/mol. The smallest absolute Gasteiger partial charge is 0.287 e. The highest BCUT2D eigenvalue weighted by molar-refractivity contribution is 14.0. The number of guanidine groups is 1. The molecule has 166 valence electrons. The Labute approximate surface area is 199 Å². The number of aliphatic imine (C=N–C) groups is 1. The van der Waals surface area contributed by atoms with Crippen LogP contribution in [-0.4, -0.2) is 38.5 Å². The highest BCUT2D eigenvalue weighted by atomic mass is 127. The molecule has 6 nitrogen and oxygen atoms in total. The fraction of sp³-hybridized carbons (Fsp3) is 0.429. The lowest BCUT2D eigenvalue weighted by atomic mass is 9.84. The normalized spacial score (nSPS) is 11.6. The van der Waals surface area contributed by atoms with Gasteiger partial charge in [-0.05, 0) is 37.1 Å². The standard InChI is InChI=1S/C21H28ClFN4O2.HI/c1-14-8-11-29-18(14)19(28)25-9-5-10-26-20(24-4)27-13-21(2,3)16-7-6-15(23)12-17(16)22;/h6-8,11-12H,5,9-10,13H2,1-4H3,(H,25,28)(H2,24,26,27);1H. The summed E-state index contributed by atoms with van der Waals surface area (Å²) in [6.07, 6.45) is 2.22. The van der Waals surface area contributed by atoms with Crippen LogP contribution in [0.15, 0.2) is 39.9 Å². The number of nitrogens with one attached hydrogen (secondary N) is 3. The third kappa shape index (κ3) is 7.46. The molecule has 0 aliphatic rings. The molecule has 2 aromatic rings. The Kier molecular flexibility index (Phi) is 10.6. The largest absolute Gasteiger partial charge is 0.459 e. The van der Waals surface area contributed by atoms with Crippen molar-refractivity contribution in [2.45, 2.75) is 32.6 Å². The molecule has 30 heavy (non-hydrogen) atoms. The highest BCUT2D eigenvalue weighted by Gasteiger charge is 2.24. The van der Waals surface area contributed by atoms with Crippen molar-refractivity contribution in [3.8, 4) is 0 Å². The van der Waals surface area contributed by atoms with Gasteiger partial charge in [0.25, 0.3) is 5.91 Å². The van der Waals surface area contributed by atoms with Gasteiger partial charge in [0.2, 0.25) is 0 Å². The van der Waals surface area contributed by atoms with Crippen LogP contribution in [-0.2, 0) is 5.41 Å². The number of carbonyl (C=O) groups is 1. The zero-order chi connectivity index (χ0) is 21.4. The first-order valence-electron chi connectivity index (χ1n) is 9.47. The van der Waals surface area contributed by atoms with E-state index < -0.39 is 0 Å². The number of halogens is 3. The van der Waals surface area contributed by atoms with Crippen molar-refractivity contribution in [3.63, 3.8) is 0 Å². The van der Waals surface area contributed by atoms with E-state index in [0.717, 1.165) is 17.5 Å². The van der Waals surface area contributed by atoms with Crippen LogP contribution in [0.5, 0.6) is 0 Å². The summed E-state index contributed by atoms with van der Waals surface area (Å²) in [5.74, 6) is 0.420. The van der Waals surface area contributed by atoms with Gasteiger partial charge in [-0.15, -0.1) is 24.0 Å². The number of benzene rings is 1. The number of rotatable bonds is 8. The summed E-state index contributed by atoms with van der Waals surface area (Å²) in [4.78, 5) is 16.2. The van der Waals surface area contributed by atoms with Crippen LogP contribution < -0.4 is 16.0 Å². The number of aryl methyl sites for hydroxylation is 1. The summed E-state index contributed by atoms with van der Waals surface area (Å²) >= 11 is 6.20. The van der Waals surface area contributed by atoms with Gasteiger partial charge < -0.3 is 20.4 Å². The molecule has 2 rings (SSSR count). The predicted molar refractivity (Wildman–Crippen MR) is 130 cm³/mol. The minimum absolute atomic E-state index is 0. The first kappa shape index (κ1) is 26.2. The second kappa shape index (κ2) is 12.1. The third-order valence-electron chi connectivity index (χ3n) is 4.58. The summed E-state index contributed by atoms with van der Waals surface area (Å²) in [6, 6.07) is 6.20. The SMILES string of the molecule is CN=C(NCCCNC(=O)c1occc1C)NCC(C)(C)c1ccc(F)cc1Cl.I. The summed E-state index contributed by atoms with van der Waals surface area (Å²) < 4.78 is 18.5. The molecular formula is C21H29ClFIN4O2. The Balaban J connectivity index is 0.00000450. The second-order valence-corrected chi connectivity index (χ2v) is 7.81. The van der Waals surface area contributed by atoms with Crippen molar-refractivity contribution in [3.05, 3.63) is 58.3 Å². The lowest BCUT2D eigenvalue weighted by Gasteiger charge is -2.27. The number of hydrogen-bond donors (Lipinski definition) is 3. The van der Waals surface area contributed by atoms with E-state index in [1.54, 1.807) is 19.2 Å².